The maximum Gasteiger partial charge on any atom is 0.377 e. The third kappa shape index (κ3) is 2.60. The second-order valence-corrected chi connectivity index (χ2v) is 6.14. The number of ether oxygens (including phenoxy) is 1. The lowest BCUT2D eigenvalue weighted by molar-refractivity contribution is -0.159. The maximum atomic E-state index is 13.1. The van der Waals surface area contributed by atoms with Crippen LogP contribution in [0.5, 0.6) is 0 Å². The fourth-order valence-corrected chi connectivity index (χ4v) is 3.61. The fourth-order valence-electron chi connectivity index (χ4n) is 3.61. The topological polar surface area (TPSA) is 41.6 Å². The zero-order chi connectivity index (χ0) is 13.6. The Kier molecular flexibility index (Phi) is 3.25. The smallest absolute Gasteiger partial charge is 0.377 e. The van der Waals surface area contributed by atoms with E-state index in [1.165, 1.54) is 12.8 Å². The lowest BCUT2D eigenvalue weighted by Crippen LogP contribution is -2.48. The number of hydrogen-bond donors (Lipinski definition) is 1. The van der Waals surface area contributed by atoms with Gasteiger partial charge in [0.05, 0.1) is 6.42 Å². The Hall–Kier alpha value is -0.750. The highest BCUT2D eigenvalue weighted by Crippen LogP contribution is 2.33. The number of nitrogens with zero attached hydrogens (tertiary/aromatic N) is 1. The van der Waals surface area contributed by atoms with Gasteiger partial charge >= 0.3 is 11.9 Å². The minimum absolute atomic E-state index is 0.408. The van der Waals surface area contributed by atoms with Crippen LogP contribution in [0.25, 0.3) is 0 Å². The third-order valence-electron chi connectivity index (χ3n) is 4.62. The van der Waals surface area contributed by atoms with Crippen molar-refractivity contribution in [2.24, 2.45) is 0 Å². The molecule has 3 saturated heterocycles. The van der Waals surface area contributed by atoms with Crippen molar-refractivity contribution in [3.63, 3.8) is 0 Å². The Morgan fingerprint density at radius 2 is 2.00 bits per heavy atom. The number of carbonyl (C=O) groups excluding carboxylic acids is 1. The van der Waals surface area contributed by atoms with E-state index in [-0.39, 0.29) is 0 Å². The molecule has 3 aliphatic rings. The normalized spacial score (nSPS) is 40.7. The zero-order valence-corrected chi connectivity index (χ0v) is 11.1. The average Bonchev–Trinajstić information content (AvgIpc) is 2.79. The summed E-state index contributed by atoms with van der Waals surface area (Å²) in [5.74, 6) is -4.66. The van der Waals surface area contributed by atoms with Gasteiger partial charge in [0, 0.05) is 24.7 Å². The van der Waals surface area contributed by atoms with Crippen LogP contribution < -0.4 is 5.32 Å². The molecule has 1 N–H and O–H groups in total. The van der Waals surface area contributed by atoms with Crippen LogP contribution in [0, 0.1) is 0 Å². The highest BCUT2D eigenvalue weighted by molar-refractivity contribution is 5.79. The summed E-state index contributed by atoms with van der Waals surface area (Å²) >= 11 is 0. The van der Waals surface area contributed by atoms with E-state index in [2.05, 4.69) is 10.2 Å². The van der Waals surface area contributed by atoms with E-state index >= 15 is 0 Å². The van der Waals surface area contributed by atoms with Crippen molar-refractivity contribution in [3.8, 4) is 0 Å². The van der Waals surface area contributed by atoms with E-state index in [4.69, 9.17) is 4.74 Å². The number of esters is 1. The Morgan fingerprint density at radius 1 is 1.37 bits per heavy atom. The summed E-state index contributed by atoms with van der Waals surface area (Å²) in [5.41, 5.74) is 0. The molecule has 0 spiro atoms. The summed E-state index contributed by atoms with van der Waals surface area (Å²) in [6.45, 7) is 0.408. The van der Waals surface area contributed by atoms with Gasteiger partial charge in [-0.25, -0.2) is 4.79 Å². The molecule has 0 aliphatic carbocycles. The van der Waals surface area contributed by atoms with Crippen LogP contribution in [0.15, 0.2) is 0 Å². The van der Waals surface area contributed by atoms with Crippen LogP contribution in [0.1, 0.15) is 32.1 Å². The summed E-state index contributed by atoms with van der Waals surface area (Å²) < 4.78 is 31.0. The van der Waals surface area contributed by atoms with Gasteiger partial charge in [0.25, 0.3) is 0 Å². The molecular weight excluding hydrogens is 254 g/mol. The molecule has 2 bridgehead atoms. The molecular formula is C13H20F2N2O2. The van der Waals surface area contributed by atoms with Gasteiger partial charge in [0.2, 0.25) is 0 Å². The molecule has 3 aliphatic heterocycles. The van der Waals surface area contributed by atoms with Crippen LogP contribution in [-0.4, -0.2) is 54.6 Å². The van der Waals surface area contributed by atoms with Gasteiger partial charge in [-0.05, 0) is 32.7 Å². The summed E-state index contributed by atoms with van der Waals surface area (Å²) in [6.07, 6.45) is 3.40. The Morgan fingerprint density at radius 3 is 2.53 bits per heavy atom. The summed E-state index contributed by atoms with van der Waals surface area (Å²) in [6, 6.07) is 1.55. The van der Waals surface area contributed by atoms with E-state index in [1.54, 1.807) is 0 Å². The Balaban J connectivity index is 1.54. The molecule has 3 fully saturated rings. The Bertz CT molecular complexity index is 366. The van der Waals surface area contributed by atoms with Crippen LogP contribution in [-0.2, 0) is 9.53 Å². The number of cyclic esters (lactones) is 1. The largest absolute Gasteiger partial charge is 0.456 e. The van der Waals surface area contributed by atoms with Crippen LogP contribution in [0.3, 0.4) is 0 Å². The molecule has 0 amide bonds. The number of piperidine rings is 1. The molecule has 19 heavy (non-hydrogen) atoms. The quantitative estimate of drug-likeness (QED) is 0.784. The van der Waals surface area contributed by atoms with E-state index in [1.807, 2.05) is 7.05 Å². The molecule has 4 nitrogen and oxygen atoms in total. The predicted octanol–water partition coefficient (Wildman–Crippen LogP) is 1.15. The summed E-state index contributed by atoms with van der Waals surface area (Å²) in [7, 11) is 1.94. The van der Waals surface area contributed by atoms with Gasteiger partial charge in [-0.3, -0.25) is 4.90 Å². The number of rotatable bonds is 3. The van der Waals surface area contributed by atoms with Crippen molar-refractivity contribution in [2.75, 3.05) is 13.6 Å². The second-order valence-electron chi connectivity index (χ2n) is 6.14. The van der Waals surface area contributed by atoms with Crippen molar-refractivity contribution in [3.05, 3.63) is 0 Å². The first-order valence-corrected chi connectivity index (χ1v) is 6.99. The third-order valence-corrected chi connectivity index (χ3v) is 4.62. The highest BCUT2D eigenvalue weighted by Gasteiger charge is 2.51. The van der Waals surface area contributed by atoms with E-state index < -0.39 is 24.4 Å². The molecule has 0 saturated carbocycles. The highest BCUT2D eigenvalue weighted by atomic mass is 19.3. The maximum absolute atomic E-state index is 13.1. The lowest BCUT2D eigenvalue weighted by Gasteiger charge is -2.36. The van der Waals surface area contributed by atoms with Crippen LogP contribution in [0.4, 0.5) is 8.78 Å². The number of hydrogen-bond acceptors (Lipinski definition) is 4. The molecule has 3 unspecified atom stereocenters. The molecule has 3 atom stereocenters. The lowest BCUT2D eigenvalue weighted by atomic mass is 9.98. The minimum atomic E-state index is -3.29. The van der Waals surface area contributed by atoms with Crippen LogP contribution in [0.2, 0.25) is 0 Å². The van der Waals surface area contributed by atoms with E-state index in [0.29, 0.717) is 24.7 Å². The van der Waals surface area contributed by atoms with Gasteiger partial charge in [-0.2, -0.15) is 8.78 Å². The van der Waals surface area contributed by atoms with E-state index in [0.717, 1.165) is 12.8 Å². The van der Waals surface area contributed by atoms with Crippen molar-refractivity contribution in [1.82, 2.24) is 10.2 Å². The number of carbonyl (C=O) groups is 1. The fraction of sp³-hybridized carbons (Fsp3) is 0.923. The molecule has 3 rings (SSSR count). The number of nitrogens with one attached hydrogen (secondary N) is 1. The van der Waals surface area contributed by atoms with Crippen molar-refractivity contribution in [2.45, 2.75) is 62.3 Å². The molecule has 3 heterocycles. The predicted molar refractivity (Wildman–Crippen MR) is 65.0 cm³/mol. The van der Waals surface area contributed by atoms with Crippen molar-refractivity contribution in [1.29, 1.82) is 0 Å². The molecule has 0 aromatic heterocycles. The zero-order valence-electron chi connectivity index (χ0n) is 11.1. The Labute approximate surface area is 111 Å². The first-order chi connectivity index (χ1) is 8.94. The summed E-state index contributed by atoms with van der Waals surface area (Å²) in [5, 5.41) is 3.56. The summed E-state index contributed by atoms with van der Waals surface area (Å²) in [4.78, 5) is 13.1. The van der Waals surface area contributed by atoms with Crippen molar-refractivity contribution < 1.29 is 18.3 Å². The molecule has 6 heteroatoms. The second kappa shape index (κ2) is 4.66. The SMILES string of the molecule is CN(CC1CC(F)(F)C(=O)O1)C1CC2CCC(C1)N2. The molecule has 108 valence electrons. The van der Waals surface area contributed by atoms with Gasteiger partial charge in [0.1, 0.15) is 6.10 Å². The monoisotopic (exact) mass is 274 g/mol. The van der Waals surface area contributed by atoms with Gasteiger partial charge < -0.3 is 10.1 Å². The minimum Gasteiger partial charge on any atom is -0.456 e. The van der Waals surface area contributed by atoms with Gasteiger partial charge in [0.15, 0.2) is 0 Å². The van der Waals surface area contributed by atoms with Gasteiger partial charge in [-0.15, -0.1) is 0 Å². The number of halogens is 2. The molecule has 0 aromatic carbocycles. The number of alkyl halides is 2. The number of fused-ring (bicyclic) bond motifs is 2. The number of likely N-dealkylation sites (N-methyl/N-ethyl adjacent to an activating group) is 1. The standard InChI is InChI=1S/C13H20F2N2O2/c1-17(7-11-6-13(14,15)12(18)19-11)10-4-8-2-3-9(5-10)16-8/h8-11,16H,2-7H2,1H3. The average molecular weight is 274 g/mol. The molecule has 0 aromatic rings. The van der Waals surface area contributed by atoms with Gasteiger partial charge in [-0.1, -0.05) is 0 Å². The first kappa shape index (κ1) is 13.2. The van der Waals surface area contributed by atoms with Crippen molar-refractivity contribution >= 4 is 5.97 Å². The van der Waals surface area contributed by atoms with E-state index in [9.17, 15) is 13.6 Å². The van der Waals surface area contributed by atoms with Crippen LogP contribution >= 0.6 is 0 Å². The first-order valence-electron chi connectivity index (χ1n) is 6.99. The molecule has 0 radical (unpaired) electrons.